The molecule has 0 spiro atoms. The molecule has 10 atom stereocenters. The summed E-state index contributed by atoms with van der Waals surface area (Å²) in [5.74, 6) is 0. The highest BCUT2D eigenvalue weighted by atomic mass is 32.2. The van der Waals surface area contributed by atoms with Crippen LogP contribution in [0.3, 0.4) is 0 Å². The summed E-state index contributed by atoms with van der Waals surface area (Å²) >= 11 is 1.05. The summed E-state index contributed by atoms with van der Waals surface area (Å²) in [5.41, 5.74) is -0.952. The second-order valence-corrected chi connectivity index (χ2v) is 7.91. The van der Waals surface area contributed by atoms with E-state index in [0.717, 1.165) is 11.8 Å². The molecule has 11 nitrogen and oxygen atoms in total. The predicted octanol–water partition coefficient (Wildman–Crippen LogP) is -3.20. The van der Waals surface area contributed by atoms with E-state index in [1.807, 2.05) is 0 Å². The monoisotopic (exact) mass is 435 g/mol. The quantitative estimate of drug-likeness (QED) is 0.238. The Hall–Kier alpha value is -0.900. The van der Waals surface area contributed by atoms with E-state index in [1.54, 1.807) is 24.4 Å². The third-order valence-corrected chi connectivity index (χ3v) is 5.94. The molecule has 2 saturated heterocycles. The highest BCUT2D eigenvalue weighted by Gasteiger charge is 2.50. The normalized spacial score (nSPS) is 43.3. The van der Waals surface area contributed by atoms with E-state index in [2.05, 4.69) is 4.98 Å². The summed E-state index contributed by atoms with van der Waals surface area (Å²) < 4.78 is 16.4. The molecule has 7 N–H and O–H groups in total. The number of aliphatic hydroxyl groups excluding tert-OH is 7. The van der Waals surface area contributed by atoms with Crippen molar-refractivity contribution in [3.63, 3.8) is 0 Å². The molecule has 29 heavy (non-hydrogen) atoms. The van der Waals surface area contributed by atoms with Gasteiger partial charge in [-0.3, -0.25) is 0 Å². The first-order valence-electron chi connectivity index (χ1n) is 9.03. The Balaban J connectivity index is 1.71. The fraction of sp³-hybridized carbons (Fsp3) is 0.706. The van der Waals surface area contributed by atoms with Gasteiger partial charge < -0.3 is 50.0 Å². The molecule has 1 aromatic rings. The zero-order valence-electron chi connectivity index (χ0n) is 15.2. The van der Waals surface area contributed by atoms with Crippen LogP contribution in [0.5, 0.6) is 0 Å². The van der Waals surface area contributed by atoms with Crippen LogP contribution in [0, 0.1) is 0 Å². The van der Waals surface area contributed by atoms with Gasteiger partial charge in [0.2, 0.25) is 0 Å². The number of ether oxygens (including phenoxy) is 3. The number of hydrogen-bond acceptors (Lipinski definition) is 12. The maximum absolute atomic E-state index is 10.5. The Morgan fingerprint density at radius 2 is 1.59 bits per heavy atom. The Morgan fingerprint density at radius 3 is 2.21 bits per heavy atom. The number of aliphatic hydroxyl groups is 7. The topological polar surface area (TPSA) is 182 Å². The van der Waals surface area contributed by atoms with E-state index >= 15 is 0 Å². The molecule has 1 aromatic heterocycles. The van der Waals surface area contributed by atoms with Gasteiger partial charge in [-0.25, -0.2) is 4.98 Å². The standard InChI is InChI=1S/C17H25NO10S/c19-5-7-10(21)11(22)13(24)16(26-7)28-15-8(6-20)27-17(14(25)12(15)23)29-9-3-1-2-4-18-9/h1-4,7-8,10-17,19-25H,5-6H2/t7-,8-,10-,11+,12-,13-,14-,15-,16-,17+/m1/s1. The Bertz CT molecular complexity index is 638. The number of hydrogen-bond donors (Lipinski definition) is 7. The minimum Gasteiger partial charge on any atom is -0.394 e. The number of rotatable bonds is 6. The van der Waals surface area contributed by atoms with Crippen LogP contribution in [0.4, 0.5) is 0 Å². The predicted molar refractivity (Wildman–Crippen MR) is 96.5 cm³/mol. The molecule has 0 aliphatic carbocycles. The molecule has 3 rings (SSSR count). The van der Waals surface area contributed by atoms with Crippen LogP contribution in [-0.4, -0.2) is 115 Å². The second kappa shape index (κ2) is 9.94. The molecule has 164 valence electrons. The van der Waals surface area contributed by atoms with Crippen molar-refractivity contribution in [2.45, 2.75) is 65.6 Å². The summed E-state index contributed by atoms with van der Waals surface area (Å²) in [5, 5.41) is 70.3. The minimum atomic E-state index is -1.70. The van der Waals surface area contributed by atoms with Crippen LogP contribution in [0.25, 0.3) is 0 Å². The van der Waals surface area contributed by atoms with Crippen LogP contribution >= 0.6 is 11.8 Å². The van der Waals surface area contributed by atoms with E-state index in [4.69, 9.17) is 14.2 Å². The average molecular weight is 435 g/mol. The fourth-order valence-corrected chi connectivity index (χ4v) is 4.20. The Labute approximate surface area is 170 Å². The lowest BCUT2D eigenvalue weighted by atomic mass is 9.97. The van der Waals surface area contributed by atoms with Gasteiger partial charge in [-0.15, -0.1) is 0 Å². The number of pyridine rings is 1. The van der Waals surface area contributed by atoms with Gasteiger partial charge in [-0.2, -0.15) is 0 Å². The summed E-state index contributed by atoms with van der Waals surface area (Å²) in [6, 6.07) is 5.16. The number of thioether (sulfide) groups is 1. The molecule has 0 bridgehead atoms. The van der Waals surface area contributed by atoms with Gasteiger partial charge >= 0.3 is 0 Å². The molecular weight excluding hydrogens is 410 g/mol. The molecule has 0 amide bonds. The van der Waals surface area contributed by atoms with E-state index in [1.165, 1.54) is 0 Å². The van der Waals surface area contributed by atoms with Crippen LogP contribution in [0.15, 0.2) is 29.4 Å². The van der Waals surface area contributed by atoms with Gasteiger partial charge in [0.1, 0.15) is 54.3 Å². The van der Waals surface area contributed by atoms with Crippen LogP contribution in [0.2, 0.25) is 0 Å². The largest absolute Gasteiger partial charge is 0.394 e. The summed E-state index contributed by atoms with van der Waals surface area (Å²) in [6.07, 6.45) is -11.5. The third-order valence-electron chi connectivity index (χ3n) is 4.84. The molecule has 0 saturated carbocycles. The summed E-state index contributed by atoms with van der Waals surface area (Å²) in [7, 11) is 0. The van der Waals surface area contributed by atoms with Crippen molar-refractivity contribution in [1.82, 2.24) is 4.98 Å². The zero-order valence-corrected chi connectivity index (χ0v) is 16.0. The smallest absolute Gasteiger partial charge is 0.187 e. The van der Waals surface area contributed by atoms with Gasteiger partial charge in [0, 0.05) is 6.20 Å². The fourth-order valence-electron chi connectivity index (χ4n) is 3.19. The molecule has 12 heteroatoms. The molecule has 0 aromatic carbocycles. The van der Waals surface area contributed by atoms with Crippen molar-refractivity contribution >= 4 is 11.8 Å². The summed E-state index contributed by atoms with van der Waals surface area (Å²) in [4.78, 5) is 4.11. The van der Waals surface area contributed by atoms with Gasteiger partial charge in [-0.05, 0) is 12.1 Å². The van der Waals surface area contributed by atoms with Crippen molar-refractivity contribution in [3.8, 4) is 0 Å². The Kier molecular flexibility index (Phi) is 7.81. The van der Waals surface area contributed by atoms with Crippen molar-refractivity contribution in [2.24, 2.45) is 0 Å². The van der Waals surface area contributed by atoms with Crippen molar-refractivity contribution < 1.29 is 50.0 Å². The second-order valence-electron chi connectivity index (χ2n) is 6.79. The first-order valence-corrected chi connectivity index (χ1v) is 9.91. The lowest BCUT2D eigenvalue weighted by Gasteiger charge is -2.45. The van der Waals surface area contributed by atoms with Crippen LogP contribution < -0.4 is 0 Å². The van der Waals surface area contributed by atoms with E-state index in [-0.39, 0.29) is 0 Å². The van der Waals surface area contributed by atoms with Crippen molar-refractivity contribution in [1.29, 1.82) is 0 Å². The number of aromatic nitrogens is 1. The van der Waals surface area contributed by atoms with Gasteiger partial charge in [0.05, 0.1) is 18.2 Å². The summed E-state index contributed by atoms with van der Waals surface area (Å²) in [6.45, 7) is -1.23. The van der Waals surface area contributed by atoms with E-state index in [0.29, 0.717) is 5.03 Å². The third kappa shape index (κ3) is 4.89. The molecular formula is C17H25NO10S. The molecule has 0 unspecified atom stereocenters. The Morgan fingerprint density at radius 1 is 0.862 bits per heavy atom. The lowest BCUT2D eigenvalue weighted by molar-refractivity contribution is -0.338. The van der Waals surface area contributed by atoms with Crippen molar-refractivity contribution in [3.05, 3.63) is 24.4 Å². The van der Waals surface area contributed by atoms with Gasteiger partial charge in [0.15, 0.2) is 6.29 Å². The van der Waals surface area contributed by atoms with Gasteiger partial charge in [0.25, 0.3) is 0 Å². The average Bonchev–Trinajstić information content (AvgIpc) is 2.74. The molecule has 0 radical (unpaired) electrons. The first kappa shape index (κ1) is 22.8. The highest BCUT2D eigenvalue weighted by molar-refractivity contribution is 7.99. The lowest BCUT2D eigenvalue weighted by Crippen LogP contribution is -2.64. The minimum absolute atomic E-state index is 0.536. The van der Waals surface area contributed by atoms with E-state index < -0.39 is 73.8 Å². The van der Waals surface area contributed by atoms with E-state index in [9.17, 15) is 35.7 Å². The molecule has 2 aliphatic rings. The van der Waals surface area contributed by atoms with Crippen molar-refractivity contribution in [2.75, 3.05) is 13.2 Å². The van der Waals surface area contributed by atoms with Crippen LogP contribution in [-0.2, 0) is 14.2 Å². The SMILES string of the molecule is OC[C@H]1O[C@H](O[C@H]2[C@H](O)[C@@H](O)[C@H](Sc3ccccn3)O[C@@H]2CO)[C@H](O)[C@@H](O)[C@@H]1O. The zero-order chi connectivity index (χ0) is 21.1. The first-order chi connectivity index (χ1) is 13.9. The highest BCUT2D eigenvalue weighted by Crippen LogP contribution is 2.35. The maximum Gasteiger partial charge on any atom is 0.187 e. The maximum atomic E-state index is 10.5. The molecule has 2 aliphatic heterocycles. The molecule has 2 fully saturated rings. The van der Waals surface area contributed by atoms with Gasteiger partial charge in [-0.1, -0.05) is 17.8 Å². The van der Waals surface area contributed by atoms with Crippen LogP contribution in [0.1, 0.15) is 0 Å². The molecule has 3 heterocycles. The number of nitrogens with zero attached hydrogens (tertiary/aromatic N) is 1.